The molecular formula is C23H25ClN4O2S. The molecule has 1 saturated heterocycles. The molecule has 0 saturated carbocycles. The molecule has 162 valence electrons. The van der Waals surface area contributed by atoms with E-state index in [4.69, 9.17) is 17.3 Å². The van der Waals surface area contributed by atoms with Crippen LogP contribution in [0.5, 0.6) is 0 Å². The minimum Gasteiger partial charge on any atom is -0.383 e. The van der Waals surface area contributed by atoms with Crippen molar-refractivity contribution in [2.75, 3.05) is 31.9 Å². The highest BCUT2D eigenvalue weighted by Gasteiger charge is 2.21. The van der Waals surface area contributed by atoms with Gasteiger partial charge in [0.15, 0.2) is 5.78 Å². The lowest BCUT2D eigenvalue weighted by atomic mass is 10.0. The zero-order valence-electron chi connectivity index (χ0n) is 17.4. The summed E-state index contributed by atoms with van der Waals surface area (Å²) in [6.45, 7) is 5.42. The Morgan fingerprint density at radius 1 is 1.16 bits per heavy atom. The average Bonchev–Trinajstić information content (AvgIpc) is 3.13. The molecule has 31 heavy (non-hydrogen) atoms. The van der Waals surface area contributed by atoms with Crippen molar-refractivity contribution >= 4 is 51.2 Å². The van der Waals surface area contributed by atoms with Crippen molar-refractivity contribution in [1.82, 2.24) is 14.8 Å². The van der Waals surface area contributed by atoms with E-state index < -0.39 is 0 Å². The highest BCUT2D eigenvalue weighted by Crippen LogP contribution is 2.30. The van der Waals surface area contributed by atoms with E-state index in [1.54, 1.807) is 19.2 Å². The van der Waals surface area contributed by atoms with Gasteiger partial charge in [0.1, 0.15) is 5.82 Å². The van der Waals surface area contributed by atoms with E-state index in [1.165, 1.54) is 11.3 Å². The summed E-state index contributed by atoms with van der Waals surface area (Å²) in [5.74, 6) is 0.741. The van der Waals surface area contributed by atoms with Gasteiger partial charge in [0.05, 0.1) is 9.90 Å². The number of aryl methyl sites for hydroxylation is 1. The zero-order valence-corrected chi connectivity index (χ0v) is 19.0. The van der Waals surface area contributed by atoms with E-state index >= 15 is 0 Å². The number of benzene rings is 1. The Hall–Kier alpha value is -2.48. The van der Waals surface area contributed by atoms with Gasteiger partial charge in [-0.25, -0.2) is 4.98 Å². The number of anilines is 1. The van der Waals surface area contributed by atoms with Crippen LogP contribution in [0.25, 0.3) is 10.8 Å². The van der Waals surface area contributed by atoms with E-state index in [9.17, 15) is 9.59 Å². The van der Waals surface area contributed by atoms with Crippen LogP contribution in [-0.4, -0.2) is 52.7 Å². The predicted octanol–water partition coefficient (Wildman–Crippen LogP) is 4.01. The second kappa shape index (κ2) is 9.34. The summed E-state index contributed by atoms with van der Waals surface area (Å²) in [5, 5.41) is 2.61. The number of pyridine rings is 1. The molecule has 0 aliphatic carbocycles. The van der Waals surface area contributed by atoms with Crippen LogP contribution >= 0.6 is 22.9 Å². The highest BCUT2D eigenvalue weighted by molar-refractivity contribution is 7.14. The lowest BCUT2D eigenvalue weighted by Gasteiger charge is -2.33. The van der Waals surface area contributed by atoms with Crippen LogP contribution in [-0.2, 0) is 17.8 Å². The van der Waals surface area contributed by atoms with Crippen molar-refractivity contribution in [2.45, 2.75) is 26.3 Å². The number of nitrogen functional groups attached to an aromatic ring is 1. The molecule has 1 aliphatic rings. The first kappa shape index (κ1) is 21.7. The van der Waals surface area contributed by atoms with Gasteiger partial charge in [-0.3, -0.25) is 14.5 Å². The number of ketones is 1. The molecule has 0 atom stereocenters. The zero-order chi connectivity index (χ0) is 22.0. The maximum atomic E-state index is 12.8. The summed E-state index contributed by atoms with van der Waals surface area (Å²) in [7, 11) is 0. The number of fused-ring (bicyclic) bond motifs is 1. The van der Waals surface area contributed by atoms with Crippen LogP contribution in [0.3, 0.4) is 0 Å². The fraction of sp³-hybridized carbons (Fsp3) is 0.348. The molecule has 1 fully saturated rings. The van der Waals surface area contributed by atoms with Crippen molar-refractivity contribution < 1.29 is 9.59 Å². The summed E-state index contributed by atoms with van der Waals surface area (Å²) >= 11 is 7.91. The number of piperazine rings is 1. The molecule has 2 aromatic heterocycles. The van der Waals surface area contributed by atoms with Gasteiger partial charge in [-0.15, -0.1) is 11.3 Å². The summed E-state index contributed by atoms with van der Waals surface area (Å²) in [4.78, 5) is 34.2. The molecule has 0 bridgehead atoms. The number of rotatable bonds is 6. The third kappa shape index (κ3) is 5.06. The molecule has 4 rings (SSSR count). The number of Topliss-reactive ketones (excluding diaryl/α,β-unsaturated/α-hetero) is 1. The Bertz CT molecular complexity index is 1120. The Labute approximate surface area is 190 Å². The van der Waals surface area contributed by atoms with Gasteiger partial charge in [-0.2, -0.15) is 0 Å². The SMILES string of the molecule is CC(=O)N1CCN(Cc2sc(C(=O)CCc3ccc4c(N)nccc4c3)cc2Cl)CC1. The number of hydrogen-bond acceptors (Lipinski definition) is 6. The first-order valence-electron chi connectivity index (χ1n) is 10.3. The Kier molecular flexibility index (Phi) is 6.55. The monoisotopic (exact) mass is 456 g/mol. The van der Waals surface area contributed by atoms with Gasteiger partial charge in [0, 0.05) is 62.5 Å². The number of thiophene rings is 1. The number of aromatic nitrogens is 1. The van der Waals surface area contributed by atoms with Crippen molar-refractivity contribution in [3.05, 3.63) is 56.9 Å². The van der Waals surface area contributed by atoms with Gasteiger partial charge in [-0.1, -0.05) is 29.8 Å². The van der Waals surface area contributed by atoms with Crippen LogP contribution in [0.2, 0.25) is 5.02 Å². The number of hydrogen-bond donors (Lipinski definition) is 1. The van der Waals surface area contributed by atoms with E-state index in [2.05, 4.69) is 16.0 Å². The smallest absolute Gasteiger partial charge is 0.219 e. The fourth-order valence-electron chi connectivity index (χ4n) is 3.86. The minimum absolute atomic E-state index is 0.105. The molecule has 3 aromatic rings. The molecule has 0 spiro atoms. The summed E-state index contributed by atoms with van der Waals surface area (Å²) in [5.41, 5.74) is 7.01. The number of halogens is 1. The molecule has 0 unspecified atom stereocenters. The number of nitrogens with two attached hydrogens (primary N) is 1. The number of carbonyl (C=O) groups excluding carboxylic acids is 2. The molecule has 6 nitrogen and oxygen atoms in total. The fourth-order valence-corrected chi connectivity index (χ4v) is 5.27. The van der Waals surface area contributed by atoms with Crippen LogP contribution in [0.1, 0.15) is 33.5 Å². The van der Waals surface area contributed by atoms with Crippen LogP contribution in [0.4, 0.5) is 5.82 Å². The predicted molar refractivity (Wildman–Crippen MR) is 126 cm³/mol. The average molecular weight is 457 g/mol. The van der Waals surface area contributed by atoms with Gasteiger partial charge >= 0.3 is 0 Å². The molecule has 2 N–H and O–H groups in total. The lowest BCUT2D eigenvalue weighted by molar-refractivity contribution is -0.130. The van der Waals surface area contributed by atoms with Crippen molar-refractivity contribution in [1.29, 1.82) is 0 Å². The normalized spacial score (nSPS) is 14.8. The van der Waals surface area contributed by atoms with Crippen molar-refractivity contribution in [2.24, 2.45) is 0 Å². The topological polar surface area (TPSA) is 79.5 Å². The number of amides is 1. The molecular weight excluding hydrogens is 432 g/mol. The summed E-state index contributed by atoms with van der Waals surface area (Å²) in [6, 6.07) is 9.75. The van der Waals surface area contributed by atoms with Crippen molar-refractivity contribution in [3.8, 4) is 0 Å². The van der Waals surface area contributed by atoms with Crippen LogP contribution in [0, 0.1) is 0 Å². The second-order valence-corrected chi connectivity index (χ2v) is 9.38. The molecule has 1 amide bonds. The molecule has 8 heteroatoms. The first-order valence-corrected chi connectivity index (χ1v) is 11.5. The van der Waals surface area contributed by atoms with Crippen LogP contribution in [0.15, 0.2) is 36.5 Å². The van der Waals surface area contributed by atoms with Gasteiger partial charge in [-0.05, 0) is 29.5 Å². The molecule has 0 radical (unpaired) electrons. The standard InChI is InChI=1S/C23H25ClN4O2S/c1-15(29)28-10-8-27(9-11-28)14-22-19(24)13-21(31-22)20(30)5-3-16-2-4-18-17(12-16)6-7-26-23(18)25/h2,4,6-7,12-13H,3,5,8-11,14H2,1H3,(H2,25,26). The molecule has 1 aromatic carbocycles. The first-order chi connectivity index (χ1) is 14.9. The van der Waals surface area contributed by atoms with E-state index in [0.717, 1.165) is 47.4 Å². The van der Waals surface area contributed by atoms with Gasteiger partial charge in [0.25, 0.3) is 0 Å². The minimum atomic E-state index is 0.105. The lowest BCUT2D eigenvalue weighted by Crippen LogP contribution is -2.47. The third-order valence-corrected chi connectivity index (χ3v) is 7.33. The largest absolute Gasteiger partial charge is 0.383 e. The maximum Gasteiger partial charge on any atom is 0.219 e. The summed E-state index contributed by atoms with van der Waals surface area (Å²) < 4.78 is 0. The summed E-state index contributed by atoms with van der Waals surface area (Å²) in [6.07, 6.45) is 2.79. The van der Waals surface area contributed by atoms with Crippen molar-refractivity contribution in [3.63, 3.8) is 0 Å². The Morgan fingerprint density at radius 2 is 1.94 bits per heavy atom. The number of carbonyl (C=O) groups is 2. The quantitative estimate of drug-likeness (QED) is 0.567. The van der Waals surface area contributed by atoms with E-state index in [0.29, 0.717) is 35.1 Å². The Morgan fingerprint density at radius 3 is 2.68 bits per heavy atom. The second-order valence-electron chi connectivity index (χ2n) is 7.84. The highest BCUT2D eigenvalue weighted by atomic mass is 35.5. The van der Waals surface area contributed by atoms with E-state index in [1.807, 2.05) is 23.1 Å². The van der Waals surface area contributed by atoms with Crippen LogP contribution < -0.4 is 5.73 Å². The van der Waals surface area contributed by atoms with E-state index in [-0.39, 0.29) is 11.7 Å². The van der Waals surface area contributed by atoms with Gasteiger partial charge in [0.2, 0.25) is 5.91 Å². The molecule has 3 heterocycles. The Balaban J connectivity index is 1.36. The van der Waals surface area contributed by atoms with Gasteiger partial charge < -0.3 is 10.6 Å². The third-order valence-electron chi connectivity index (χ3n) is 5.72. The number of nitrogens with zero attached hydrogens (tertiary/aromatic N) is 3. The maximum absolute atomic E-state index is 12.8. The molecule has 1 aliphatic heterocycles.